The van der Waals surface area contributed by atoms with E-state index in [1.165, 1.54) is 0 Å². The molecule has 1 aromatic carbocycles. The third-order valence-electron chi connectivity index (χ3n) is 6.29. The van der Waals surface area contributed by atoms with Crippen molar-refractivity contribution >= 4 is 40.5 Å². The van der Waals surface area contributed by atoms with Gasteiger partial charge in [0.25, 0.3) is 0 Å². The molecule has 5 rings (SSSR count). The van der Waals surface area contributed by atoms with Crippen LogP contribution >= 0.6 is 35.4 Å². The molecule has 0 spiro atoms. The van der Waals surface area contributed by atoms with Crippen LogP contribution in [0.15, 0.2) is 59.1 Å². The number of aromatic nitrogens is 1. The van der Waals surface area contributed by atoms with Crippen LogP contribution in [0, 0.1) is 0 Å². The van der Waals surface area contributed by atoms with E-state index in [1.54, 1.807) is 12.3 Å². The normalized spacial score (nSPS) is 21.1. The Hall–Kier alpha value is -2.16. The molecule has 0 unspecified atom stereocenters. The highest BCUT2D eigenvalue weighted by Gasteiger charge is 2.41. The van der Waals surface area contributed by atoms with Gasteiger partial charge >= 0.3 is 0 Å². The van der Waals surface area contributed by atoms with Crippen LogP contribution < -0.4 is 5.32 Å². The molecule has 2 saturated heterocycles. The van der Waals surface area contributed by atoms with Crippen molar-refractivity contribution in [2.75, 3.05) is 39.4 Å². The largest absolute Gasteiger partial charge is 0.459 e. The van der Waals surface area contributed by atoms with Gasteiger partial charge in [-0.2, -0.15) is 0 Å². The summed E-state index contributed by atoms with van der Waals surface area (Å²) in [5, 5.41) is 5.34. The Morgan fingerprint density at radius 2 is 1.91 bits per heavy atom. The molecule has 6 nitrogen and oxygen atoms in total. The molecule has 2 aliphatic rings. The number of pyridine rings is 1. The first kappa shape index (κ1) is 23.6. The molecule has 0 amide bonds. The van der Waals surface area contributed by atoms with Gasteiger partial charge in [0.15, 0.2) is 5.11 Å². The number of thiocarbonyl (C=S) groups is 1. The minimum Gasteiger partial charge on any atom is -0.459 e. The zero-order valence-electron chi connectivity index (χ0n) is 18.6. The van der Waals surface area contributed by atoms with E-state index < -0.39 is 0 Å². The molecule has 2 fully saturated rings. The molecule has 0 saturated carbocycles. The number of ether oxygens (including phenoxy) is 1. The number of benzene rings is 1. The molecule has 0 aliphatic carbocycles. The second-order valence-corrected chi connectivity index (χ2v) is 9.68. The van der Waals surface area contributed by atoms with Crippen molar-refractivity contribution in [3.63, 3.8) is 0 Å². The monoisotopic (exact) mass is 516 g/mol. The number of rotatable bonds is 7. The number of furan rings is 1. The van der Waals surface area contributed by atoms with E-state index in [0.717, 1.165) is 62.8 Å². The standard InChI is InChI=1S/C25H26Cl2N4O2S/c26-17-5-6-18(19(27)16-17)21-7-8-22(33-21)24-23(20-4-1-2-9-28-20)29-25(34)31(24)11-3-10-30-12-14-32-15-13-30/h1-2,4-9,16,23-24H,3,10-15H2,(H,29,34)/t23-,24-/m0/s1. The van der Waals surface area contributed by atoms with Gasteiger partial charge in [0, 0.05) is 43.0 Å². The lowest BCUT2D eigenvalue weighted by Crippen LogP contribution is -2.38. The molecule has 2 aromatic heterocycles. The van der Waals surface area contributed by atoms with Gasteiger partial charge in [-0.25, -0.2) is 0 Å². The first-order valence-electron chi connectivity index (χ1n) is 11.4. The van der Waals surface area contributed by atoms with E-state index in [0.29, 0.717) is 20.9 Å². The van der Waals surface area contributed by atoms with E-state index in [4.69, 9.17) is 44.6 Å². The first-order valence-corrected chi connectivity index (χ1v) is 12.6. The predicted molar refractivity (Wildman–Crippen MR) is 138 cm³/mol. The van der Waals surface area contributed by atoms with E-state index in [1.807, 2.05) is 42.5 Å². The van der Waals surface area contributed by atoms with Crippen LogP contribution in [0.1, 0.15) is 30.0 Å². The van der Waals surface area contributed by atoms with Gasteiger partial charge in [0.1, 0.15) is 17.6 Å². The average Bonchev–Trinajstić information content (AvgIpc) is 3.45. The van der Waals surface area contributed by atoms with Crippen molar-refractivity contribution in [1.82, 2.24) is 20.1 Å². The molecule has 3 aromatic rings. The zero-order valence-corrected chi connectivity index (χ0v) is 21.0. The van der Waals surface area contributed by atoms with Crippen molar-refractivity contribution in [2.24, 2.45) is 0 Å². The Kier molecular flexibility index (Phi) is 7.37. The third-order valence-corrected chi connectivity index (χ3v) is 7.19. The maximum absolute atomic E-state index is 6.44. The molecule has 1 N–H and O–H groups in total. The molecule has 0 radical (unpaired) electrons. The van der Waals surface area contributed by atoms with Crippen molar-refractivity contribution in [2.45, 2.75) is 18.5 Å². The van der Waals surface area contributed by atoms with E-state index in [9.17, 15) is 0 Å². The lowest BCUT2D eigenvalue weighted by atomic mass is 10.0. The van der Waals surface area contributed by atoms with Crippen LogP contribution in [0.2, 0.25) is 10.0 Å². The fourth-order valence-corrected chi connectivity index (χ4v) is 5.42. The van der Waals surface area contributed by atoms with Crippen LogP contribution in [0.5, 0.6) is 0 Å². The number of morpholine rings is 1. The summed E-state index contributed by atoms with van der Waals surface area (Å²) in [6, 6.07) is 15.1. The molecular weight excluding hydrogens is 491 g/mol. The van der Waals surface area contributed by atoms with Gasteiger partial charge in [-0.15, -0.1) is 0 Å². The maximum atomic E-state index is 6.44. The van der Waals surface area contributed by atoms with E-state index in [2.05, 4.69) is 20.1 Å². The Morgan fingerprint density at radius 3 is 2.68 bits per heavy atom. The molecule has 4 heterocycles. The molecule has 34 heavy (non-hydrogen) atoms. The summed E-state index contributed by atoms with van der Waals surface area (Å²) in [6.45, 7) is 5.38. The minimum absolute atomic E-state index is 0.114. The minimum atomic E-state index is -0.119. The van der Waals surface area contributed by atoms with Crippen molar-refractivity contribution in [3.05, 3.63) is 76.2 Å². The predicted octanol–water partition coefficient (Wildman–Crippen LogP) is 5.34. The first-order chi connectivity index (χ1) is 16.6. The fourth-order valence-electron chi connectivity index (χ4n) is 4.59. The molecule has 2 atom stereocenters. The summed E-state index contributed by atoms with van der Waals surface area (Å²) in [7, 11) is 0. The molecule has 2 aliphatic heterocycles. The van der Waals surface area contributed by atoms with Crippen LogP contribution in [-0.2, 0) is 4.74 Å². The van der Waals surface area contributed by atoms with Crippen LogP contribution in [0.4, 0.5) is 0 Å². The second kappa shape index (κ2) is 10.6. The smallest absolute Gasteiger partial charge is 0.170 e. The Labute approximate surface area is 214 Å². The summed E-state index contributed by atoms with van der Waals surface area (Å²) < 4.78 is 11.8. The van der Waals surface area contributed by atoms with Gasteiger partial charge < -0.3 is 19.4 Å². The van der Waals surface area contributed by atoms with Crippen LogP contribution in [0.3, 0.4) is 0 Å². The molecule has 9 heteroatoms. The van der Waals surface area contributed by atoms with Crippen molar-refractivity contribution in [3.8, 4) is 11.3 Å². The van der Waals surface area contributed by atoms with Gasteiger partial charge in [0.2, 0.25) is 0 Å². The summed E-state index contributed by atoms with van der Waals surface area (Å²) in [5.41, 5.74) is 1.73. The van der Waals surface area contributed by atoms with Gasteiger partial charge in [-0.3, -0.25) is 9.88 Å². The number of nitrogens with one attached hydrogen (secondary N) is 1. The number of hydrogen-bond donors (Lipinski definition) is 1. The maximum Gasteiger partial charge on any atom is 0.170 e. The highest BCUT2D eigenvalue weighted by molar-refractivity contribution is 7.80. The van der Waals surface area contributed by atoms with E-state index in [-0.39, 0.29) is 12.1 Å². The Morgan fingerprint density at radius 1 is 1.06 bits per heavy atom. The van der Waals surface area contributed by atoms with Crippen LogP contribution in [-0.4, -0.2) is 59.3 Å². The lowest BCUT2D eigenvalue weighted by Gasteiger charge is -2.29. The highest BCUT2D eigenvalue weighted by atomic mass is 35.5. The number of nitrogens with zero attached hydrogens (tertiary/aromatic N) is 3. The van der Waals surface area contributed by atoms with Crippen molar-refractivity contribution in [1.29, 1.82) is 0 Å². The fraction of sp³-hybridized carbons (Fsp3) is 0.360. The summed E-state index contributed by atoms with van der Waals surface area (Å²) in [4.78, 5) is 9.26. The number of hydrogen-bond acceptors (Lipinski definition) is 5. The molecule has 0 bridgehead atoms. The Bertz CT molecular complexity index is 1140. The SMILES string of the molecule is S=C1N[C@@H](c2ccccn2)[C@H](c2ccc(-c3ccc(Cl)cc3Cl)o2)N1CCCN1CCOCC1. The number of halogens is 2. The second-order valence-electron chi connectivity index (χ2n) is 8.45. The molecule has 178 valence electrons. The van der Waals surface area contributed by atoms with Crippen molar-refractivity contribution < 1.29 is 9.15 Å². The lowest BCUT2D eigenvalue weighted by molar-refractivity contribution is 0.0365. The zero-order chi connectivity index (χ0) is 23.5. The molecular formula is C25H26Cl2N4O2S. The summed E-state index contributed by atoms with van der Waals surface area (Å²) in [5.74, 6) is 1.51. The average molecular weight is 517 g/mol. The van der Waals surface area contributed by atoms with Gasteiger partial charge in [-0.1, -0.05) is 29.3 Å². The van der Waals surface area contributed by atoms with Gasteiger partial charge in [-0.05, 0) is 61.1 Å². The Balaban J connectivity index is 1.41. The highest BCUT2D eigenvalue weighted by Crippen LogP contribution is 2.41. The topological polar surface area (TPSA) is 53.8 Å². The third kappa shape index (κ3) is 5.09. The van der Waals surface area contributed by atoms with E-state index >= 15 is 0 Å². The van der Waals surface area contributed by atoms with Crippen LogP contribution in [0.25, 0.3) is 11.3 Å². The quantitative estimate of drug-likeness (QED) is 0.425. The summed E-state index contributed by atoms with van der Waals surface area (Å²) >= 11 is 18.3. The van der Waals surface area contributed by atoms with Gasteiger partial charge in [0.05, 0.1) is 30.0 Å². The summed E-state index contributed by atoms with van der Waals surface area (Å²) in [6.07, 6.45) is 2.79.